The van der Waals surface area contributed by atoms with Gasteiger partial charge in [-0.25, -0.2) is 0 Å². The first-order valence-electron chi connectivity index (χ1n) is 5.93. The van der Waals surface area contributed by atoms with E-state index in [1.807, 2.05) is 30.3 Å². The summed E-state index contributed by atoms with van der Waals surface area (Å²) >= 11 is 0. The van der Waals surface area contributed by atoms with Gasteiger partial charge in [-0.15, -0.1) is 0 Å². The standard InChI is InChI=1S/C13H17NO4/c1-3-17-12(15)10-11(14-18-13(10,2)16)9-7-5-4-6-8-9/h4-8,10-11,14,16H,3H2,1-2H3/t10-,11+,13?/m0/s1. The number of nitrogens with one attached hydrogen (secondary N) is 1. The summed E-state index contributed by atoms with van der Waals surface area (Å²) in [6.45, 7) is 3.45. The van der Waals surface area contributed by atoms with Gasteiger partial charge in [0.1, 0.15) is 5.92 Å². The Morgan fingerprint density at radius 2 is 2.17 bits per heavy atom. The number of hydrogen-bond acceptors (Lipinski definition) is 5. The van der Waals surface area contributed by atoms with Crippen LogP contribution in [0.5, 0.6) is 0 Å². The van der Waals surface area contributed by atoms with E-state index in [9.17, 15) is 9.90 Å². The molecule has 0 radical (unpaired) electrons. The summed E-state index contributed by atoms with van der Waals surface area (Å²) in [5.74, 6) is -2.84. The van der Waals surface area contributed by atoms with Crippen LogP contribution in [-0.4, -0.2) is 23.5 Å². The van der Waals surface area contributed by atoms with Crippen LogP contribution in [0.15, 0.2) is 30.3 Å². The molecule has 5 nitrogen and oxygen atoms in total. The van der Waals surface area contributed by atoms with Crippen LogP contribution in [-0.2, 0) is 14.4 Å². The zero-order valence-corrected chi connectivity index (χ0v) is 10.4. The lowest BCUT2D eigenvalue weighted by molar-refractivity contribution is -0.213. The Labute approximate surface area is 106 Å². The van der Waals surface area contributed by atoms with Crippen molar-refractivity contribution in [2.24, 2.45) is 5.92 Å². The number of carbonyl (C=O) groups is 1. The van der Waals surface area contributed by atoms with Crippen LogP contribution in [0, 0.1) is 5.92 Å². The Bertz CT molecular complexity index is 418. The van der Waals surface area contributed by atoms with Crippen molar-refractivity contribution in [3.63, 3.8) is 0 Å². The number of esters is 1. The van der Waals surface area contributed by atoms with Gasteiger partial charge in [-0.2, -0.15) is 5.48 Å². The number of hydrogen-bond donors (Lipinski definition) is 2. The van der Waals surface area contributed by atoms with Gasteiger partial charge in [-0.05, 0) is 19.4 Å². The molecule has 2 rings (SSSR count). The molecule has 1 unspecified atom stereocenters. The molecule has 18 heavy (non-hydrogen) atoms. The van der Waals surface area contributed by atoms with E-state index in [0.29, 0.717) is 0 Å². The molecule has 0 spiro atoms. The van der Waals surface area contributed by atoms with E-state index < -0.39 is 23.7 Å². The molecule has 1 aromatic carbocycles. The third-order valence-corrected chi connectivity index (χ3v) is 3.00. The third-order valence-electron chi connectivity index (χ3n) is 3.00. The predicted octanol–water partition coefficient (Wildman–Crippen LogP) is 1.15. The summed E-state index contributed by atoms with van der Waals surface area (Å²) in [5, 5.41) is 10.1. The second-order valence-electron chi connectivity index (χ2n) is 4.39. The largest absolute Gasteiger partial charge is 0.466 e. The molecule has 0 bridgehead atoms. The van der Waals surface area contributed by atoms with Crippen LogP contribution in [0.4, 0.5) is 0 Å². The minimum absolute atomic E-state index is 0.271. The average Bonchev–Trinajstić information content (AvgIpc) is 2.66. The number of ether oxygens (including phenoxy) is 1. The SMILES string of the molecule is CCOC(=O)[C@@H]1[C@@H](c2ccccc2)NOC1(C)O. The van der Waals surface area contributed by atoms with E-state index in [1.54, 1.807) is 6.92 Å². The van der Waals surface area contributed by atoms with E-state index >= 15 is 0 Å². The highest BCUT2D eigenvalue weighted by Crippen LogP contribution is 2.38. The molecule has 0 saturated carbocycles. The first-order valence-corrected chi connectivity index (χ1v) is 5.93. The summed E-state index contributed by atoms with van der Waals surface area (Å²) in [5.41, 5.74) is 3.57. The van der Waals surface area contributed by atoms with Crippen molar-refractivity contribution in [1.29, 1.82) is 0 Å². The van der Waals surface area contributed by atoms with Gasteiger partial charge in [0.15, 0.2) is 5.79 Å². The topological polar surface area (TPSA) is 67.8 Å². The van der Waals surface area contributed by atoms with Crippen molar-refractivity contribution in [3.05, 3.63) is 35.9 Å². The number of benzene rings is 1. The van der Waals surface area contributed by atoms with Crippen LogP contribution >= 0.6 is 0 Å². The molecule has 5 heteroatoms. The Balaban J connectivity index is 2.28. The van der Waals surface area contributed by atoms with Crippen LogP contribution in [0.1, 0.15) is 25.5 Å². The molecule has 1 aliphatic heterocycles. The predicted molar refractivity (Wildman–Crippen MR) is 64.2 cm³/mol. The van der Waals surface area contributed by atoms with Crippen LogP contribution < -0.4 is 5.48 Å². The number of hydroxylamine groups is 1. The number of aliphatic hydroxyl groups is 1. The maximum atomic E-state index is 11.9. The van der Waals surface area contributed by atoms with Gasteiger partial charge in [-0.1, -0.05) is 30.3 Å². The second kappa shape index (κ2) is 5.06. The Kier molecular flexibility index (Phi) is 3.65. The van der Waals surface area contributed by atoms with E-state index in [2.05, 4.69) is 5.48 Å². The Morgan fingerprint density at radius 3 is 2.78 bits per heavy atom. The molecule has 3 atom stereocenters. The average molecular weight is 251 g/mol. The van der Waals surface area contributed by atoms with Crippen LogP contribution in [0.3, 0.4) is 0 Å². The molecule has 98 valence electrons. The lowest BCUT2D eigenvalue weighted by Gasteiger charge is -2.23. The van der Waals surface area contributed by atoms with Gasteiger partial charge >= 0.3 is 5.97 Å². The normalized spacial score (nSPS) is 31.3. The van der Waals surface area contributed by atoms with E-state index in [-0.39, 0.29) is 6.61 Å². The zero-order valence-electron chi connectivity index (χ0n) is 10.4. The summed E-state index contributed by atoms with van der Waals surface area (Å²) in [6.07, 6.45) is 0. The first kappa shape index (κ1) is 13.0. The van der Waals surface area contributed by atoms with Gasteiger partial charge in [0.2, 0.25) is 0 Å². The Hall–Kier alpha value is -1.43. The van der Waals surface area contributed by atoms with Crippen molar-refractivity contribution in [1.82, 2.24) is 5.48 Å². The molecule has 1 fully saturated rings. The quantitative estimate of drug-likeness (QED) is 0.789. The fourth-order valence-corrected chi connectivity index (χ4v) is 2.13. The fourth-order valence-electron chi connectivity index (χ4n) is 2.13. The fraction of sp³-hybridized carbons (Fsp3) is 0.462. The summed E-state index contributed by atoms with van der Waals surface area (Å²) in [6, 6.07) is 8.94. The molecule has 0 aromatic heterocycles. The monoisotopic (exact) mass is 251 g/mol. The Morgan fingerprint density at radius 1 is 1.50 bits per heavy atom. The lowest BCUT2D eigenvalue weighted by atomic mass is 9.89. The van der Waals surface area contributed by atoms with Crippen molar-refractivity contribution >= 4 is 5.97 Å². The minimum Gasteiger partial charge on any atom is -0.466 e. The van der Waals surface area contributed by atoms with Crippen LogP contribution in [0.2, 0.25) is 0 Å². The van der Waals surface area contributed by atoms with Gasteiger partial charge in [0.25, 0.3) is 0 Å². The molecule has 1 aliphatic rings. The van der Waals surface area contributed by atoms with Gasteiger partial charge < -0.3 is 9.84 Å². The van der Waals surface area contributed by atoms with E-state index in [1.165, 1.54) is 6.92 Å². The van der Waals surface area contributed by atoms with Crippen LogP contribution in [0.25, 0.3) is 0 Å². The second-order valence-corrected chi connectivity index (χ2v) is 4.39. The first-order chi connectivity index (χ1) is 8.56. The van der Waals surface area contributed by atoms with Crippen molar-refractivity contribution in [2.75, 3.05) is 6.61 Å². The maximum absolute atomic E-state index is 11.9. The van der Waals surface area contributed by atoms with E-state index in [0.717, 1.165) is 5.56 Å². The maximum Gasteiger partial charge on any atom is 0.316 e. The summed E-state index contributed by atoms with van der Waals surface area (Å²) in [4.78, 5) is 17.0. The number of rotatable bonds is 3. The molecule has 0 amide bonds. The minimum atomic E-state index is -1.58. The molecule has 0 aliphatic carbocycles. The molecule has 1 aromatic rings. The van der Waals surface area contributed by atoms with Gasteiger partial charge in [0.05, 0.1) is 12.6 Å². The summed E-state index contributed by atoms with van der Waals surface area (Å²) < 4.78 is 4.99. The zero-order chi connectivity index (χ0) is 13.2. The molecule has 1 saturated heterocycles. The highest BCUT2D eigenvalue weighted by atomic mass is 16.8. The van der Waals surface area contributed by atoms with E-state index in [4.69, 9.17) is 9.57 Å². The van der Waals surface area contributed by atoms with Crippen molar-refractivity contribution in [2.45, 2.75) is 25.7 Å². The smallest absolute Gasteiger partial charge is 0.316 e. The third kappa shape index (κ3) is 2.38. The number of carbonyl (C=O) groups excluding carboxylic acids is 1. The van der Waals surface area contributed by atoms with Gasteiger partial charge in [0, 0.05) is 0 Å². The highest BCUT2D eigenvalue weighted by Gasteiger charge is 2.51. The molecule has 1 heterocycles. The van der Waals surface area contributed by atoms with Gasteiger partial charge in [-0.3, -0.25) is 9.63 Å². The molecule has 2 N–H and O–H groups in total. The lowest BCUT2D eigenvalue weighted by Crippen LogP contribution is -2.39. The summed E-state index contributed by atoms with van der Waals surface area (Å²) in [7, 11) is 0. The molecular formula is C13H17NO4. The van der Waals surface area contributed by atoms with Crippen molar-refractivity contribution < 1.29 is 19.5 Å². The highest BCUT2D eigenvalue weighted by molar-refractivity contribution is 5.75. The molecular weight excluding hydrogens is 234 g/mol. The van der Waals surface area contributed by atoms with Crippen molar-refractivity contribution in [3.8, 4) is 0 Å².